The Morgan fingerprint density at radius 1 is 1.15 bits per heavy atom. The van der Waals surface area contributed by atoms with Crippen LogP contribution in [0.1, 0.15) is 26.5 Å². The summed E-state index contributed by atoms with van der Waals surface area (Å²) >= 11 is 6.10. The number of aromatic nitrogens is 1. The molecule has 1 amide bonds. The van der Waals surface area contributed by atoms with E-state index in [0.29, 0.717) is 36.9 Å². The minimum absolute atomic E-state index is 0.0809. The second-order valence-electron chi connectivity index (χ2n) is 6.01. The van der Waals surface area contributed by atoms with Gasteiger partial charge in [0.05, 0.1) is 22.0 Å². The van der Waals surface area contributed by atoms with E-state index >= 15 is 0 Å². The molecule has 0 aliphatic carbocycles. The molecule has 0 radical (unpaired) electrons. The van der Waals surface area contributed by atoms with Gasteiger partial charge in [0, 0.05) is 26.2 Å². The van der Waals surface area contributed by atoms with E-state index in [9.17, 15) is 14.0 Å². The summed E-state index contributed by atoms with van der Waals surface area (Å²) in [6, 6.07) is 7.08. The van der Waals surface area contributed by atoms with Crippen molar-refractivity contribution >= 4 is 29.2 Å². The van der Waals surface area contributed by atoms with E-state index in [-0.39, 0.29) is 23.0 Å². The number of nitrogens with zero attached hydrogens (tertiary/aromatic N) is 3. The van der Waals surface area contributed by atoms with Crippen molar-refractivity contribution in [2.45, 2.75) is 6.92 Å². The molecule has 26 heavy (non-hydrogen) atoms. The van der Waals surface area contributed by atoms with Crippen LogP contribution in [-0.4, -0.2) is 53.0 Å². The van der Waals surface area contributed by atoms with Gasteiger partial charge in [-0.1, -0.05) is 11.6 Å². The molecule has 1 N–H and O–H groups in total. The number of amides is 1. The molecule has 2 aromatic rings. The van der Waals surface area contributed by atoms with E-state index in [2.05, 4.69) is 4.98 Å². The summed E-state index contributed by atoms with van der Waals surface area (Å²) in [4.78, 5) is 31.4. The molecular weight excluding hydrogens is 361 g/mol. The zero-order valence-corrected chi connectivity index (χ0v) is 14.8. The number of hydrogen-bond acceptors (Lipinski definition) is 4. The van der Waals surface area contributed by atoms with Crippen molar-refractivity contribution in [3.05, 3.63) is 58.1 Å². The maximum atomic E-state index is 13.2. The van der Waals surface area contributed by atoms with Gasteiger partial charge in [0.2, 0.25) is 0 Å². The fourth-order valence-corrected chi connectivity index (χ4v) is 3.24. The molecule has 8 heteroatoms. The number of benzene rings is 1. The second-order valence-corrected chi connectivity index (χ2v) is 6.42. The first-order chi connectivity index (χ1) is 12.4. The largest absolute Gasteiger partial charge is 0.478 e. The number of piperazine rings is 1. The van der Waals surface area contributed by atoms with Gasteiger partial charge >= 0.3 is 5.97 Å². The highest BCUT2D eigenvalue weighted by atomic mass is 35.5. The number of rotatable bonds is 3. The quantitative estimate of drug-likeness (QED) is 0.890. The molecule has 1 aliphatic rings. The van der Waals surface area contributed by atoms with Gasteiger partial charge in [-0.3, -0.25) is 4.79 Å². The Morgan fingerprint density at radius 3 is 2.42 bits per heavy atom. The summed E-state index contributed by atoms with van der Waals surface area (Å²) in [5.74, 6) is -1.70. The van der Waals surface area contributed by atoms with E-state index in [1.165, 1.54) is 24.3 Å². The molecule has 0 spiro atoms. The van der Waals surface area contributed by atoms with Crippen molar-refractivity contribution in [3.8, 4) is 0 Å². The number of carbonyl (C=O) groups is 2. The van der Waals surface area contributed by atoms with E-state index in [1.54, 1.807) is 17.9 Å². The molecule has 2 heterocycles. The van der Waals surface area contributed by atoms with E-state index in [0.717, 1.165) is 5.69 Å². The maximum absolute atomic E-state index is 13.2. The predicted molar refractivity (Wildman–Crippen MR) is 95.5 cm³/mol. The molecule has 0 saturated carbocycles. The average Bonchev–Trinajstić information content (AvgIpc) is 2.61. The molecule has 0 atom stereocenters. The van der Waals surface area contributed by atoms with Gasteiger partial charge in [0.15, 0.2) is 0 Å². The van der Waals surface area contributed by atoms with E-state index in [4.69, 9.17) is 16.7 Å². The van der Waals surface area contributed by atoms with Crippen molar-refractivity contribution in [2.24, 2.45) is 0 Å². The van der Waals surface area contributed by atoms with Gasteiger partial charge < -0.3 is 14.9 Å². The minimum Gasteiger partial charge on any atom is -0.478 e. The number of aryl methyl sites for hydroxylation is 1. The average molecular weight is 378 g/mol. The first-order valence-corrected chi connectivity index (χ1v) is 8.45. The number of carbonyl (C=O) groups excluding carboxylic acids is 1. The third-order valence-corrected chi connectivity index (χ3v) is 4.66. The van der Waals surface area contributed by atoms with Crippen LogP contribution in [0.4, 0.5) is 10.1 Å². The summed E-state index contributed by atoms with van der Waals surface area (Å²) in [6.45, 7) is 3.61. The number of carboxylic acid groups (broad SMARTS) is 1. The zero-order chi connectivity index (χ0) is 18.8. The number of anilines is 1. The molecular formula is C18H17ClFN3O3. The van der Waals surface area contributed by atoms with Crippen LogP contribution in [0.5, 0.6) is 0 Å². The zero-order valence-electron chi connectivity index (χ0n) is 14.1. The van der Waals surface area contributed by atoms with Gasteiger partial charge in [-0.25, -0.2) is 14.2 Å². The Balaban J connectivity index is 1.69. The maximum Gasteiger partial charge on any atom is 0.337 e. The minimum atomic E-state index is -1.07. The Hall–Kier alpha value is -2.67. The Morgan fingerprint density at radius 2 is 1.85 bits per heavy atom. The summed E-state index contributed by atoms with van der Waals surface area (Å²) < 4.78 is 13.2. The lowest BCUT2D eigenvalue weighted by Crippen LogP contribution is -2.49. The third kappa shape index (κ3) is 3.62. The number of pyridine rings is 1. The normalized spacial score (nSPS) is 14.4. The lowest BCUT2D eigenvalue weighted by atomic mass is 10.1. The first kappa shape index (κ1) is 18.1. The molecule has 1 aromatic heterocycles. The van der Waals surface area contributed by atoms with Crippen LogP contribution in [0.15, 0.2) is 30.3 Å². The van der Waals surface area contributed by atoms with E-state index < -0.39 is 5.97 Å². The fraction of sp³-hybridized carbons (Fsp3) is 0.278. The monoisotopic (exact) mass is 377 g/mol. The van der Waals surface area contributed by atoms with Gasteiger partial charge in [0.25, 0.3) is 5.91 Å². The second kappa shape index (κ2) is 7.29. The number of halogens is 2. The van der Waals surface area contributed by atoms with Gasteiger partial charge in [0.1, 0.15) is 11.5 Å². The Bertz CT molecular complexity index is 867. The Kier molecular flexibility index (Phi) is 5.08. The summed E-state index contributed by atoms with van der Waals surface area (Å²) in [6.07, 6.45) is 0. The first-order valence-electron chi connectivity index (χ1n) is 8.07. The summed E-state index contributed by atoms with van der Waals surface area (Å²) in [5, 5.41) is 9.38. The number of hydrogen-bond donors (Lipinski definition) is 1. The molecule has 6 nitrogen and oxygen atoms in total. The van der Waals surface area contributed by atoms with Gasteiger partial charge in [-0.05, 0) is 37.3 Å². The lowest BCUT2D eigenvalue weighted by molar-refractivity contribution is 0.0690. The van der Waals surface area contributed by atoms with E-state index in [1.807, 2.05) is 4.90 Å². The smallest absolute Gasteiger partial charge is 0.337 e. The molecule has 1 fully saturated rings. The molecule has 3 rings (SSSR count). The van der Waals surface area contributed by atoms with Crippen LogP contribution in [-0.2, 0) is 0 Å². The molecule has 0 bridgehead atoms. The molecule has 1 aliphatic heterocycles. The van der Waals surface area contributed by atoms with Crippen LogP contribution in [0.25, 0.3) is 0 Å². The molecule has 1 aromatic carbocycles. The molecule has 136 valence electrons. The lowest BCUT2D eigenvalue weighted by Gasteiger charge is -2.36. The summed E-state index contributed by atoms with van der Waals surface area (Å²) in [5.41, 5.74) is 1.35. The number of carboxylic acids is 1. The highest BCUT2D eigenvalue weighted by Gasteiger charge is 2.25. The SMILES string of the molecule is Cc1nc(C(=O)N2CCN(c3ccc(F)cc3Cl)CC2)ccc1C(=O)O. The van der Waals surface area contributed by atoms with Crippen molar-refractivity contribution < 1.29 is 19.1 Å². The van der Waals surface area contributed by atoms with Crippen LogP contribution in [0.3, 0.4) is 0 Å². The van der Waals surface area contributed by atoms with Crippen LogP contribution in [0, 0.1) is 12.7 Å². The summed E-state index contributed by atoms with van der Waals surface area (Å²) in [7, 11) is 0. The van der Waals surface area contributed by atoms with Crippen molar-refractivity contribution in [1.29, 1.82) is 0 Å². The fourth-order valence-electron chi connectivity index (χ4n) is 2.96. The highest BCUT2D eigenvalue weighted by molar-refractivity contribution is 6.33. The topological polar surface area (TPSA) is 73.7 Å². The van der Waals surface area contributed by atoms with Gasteiger partial charge in [-0.2, -0.15) is 0 Å². The molecule has 1 saturated heterocycles. The molecule has 0 unspecified atom stereocenters. The number of aromatic carboxylic acids is 1. The Labute approximate surface area is 154 Å². The van der Waals surface area contributed by atoms with Crippen LogP contribution < -0.4 is 4.90 Å². The predicted octanol–water partition coefficient (Wildman–Crippen LogP) is 2.84. The third-order valence-electron chi connectivity index (χ3n) is 4.35. The highest BCUT2D eigenvalue weighted by Crippen LogP contribution is 2.27. The van der Waals surface area contributed by atoms with Gasteiger partial charge in [-0.15, -0.1) is 0 Å². The van der Waals surface area contributed by atoms with Crippen molar-refractivity contribution in [1.82, 2.24) is 9.88 Å². The standard InChI is InChI=1S/C18H17ClFN3O3/c1-11-13(18(25)26)3-4-15(21-11)17(24)23-8-6-22(7-9-23)16-5-2-12(20)10-14(16)19/h2-5,10H,6-9H2,1H3,(H,25,26). The van der Waals surface area contributed by atoms with Crippen molar-refractivity contribution in [3.63, 3.8) is 0 Å². The van der Waals surface area contributed by atoms with Crippen LogP contribution >= 0.6 is 11.6 Å². The van der Waals surface area contributed by atoms with Crippen molar-refractivity contribution in [2.75, 3.05) is 31.1 Å². The van der Waals surface area contributed by atoms with Crippen LogP contribution in [0.2, 0.25) is 5.02 Å².